The summed E-state index contributed by atoms with van der Waals surface area (Å²) in [5.41, 5.74) is -1.31. The summed E-state index contributed by atoms with van der Waals surface area (Å²) in [6, 6.07) is 6.80. The molecule has 1 heterocycles. The first-order chi connectivity index (χ1) is 16.6. The van der Waals surface area contributed by atoms with Gasteiger partial charge in [0.15, 0.2) is 17.5 Å². The van der Waals surface area contributed by atoms with Crippen LogP contribution < -0.4 is 4.74 Å². The van der Waals surface area contributed by atoms with E-state index in [4.69, 9.17) is 4.74 Å². The molecule has 35 heavy (non-hydrogen) atoms. The number of hydrogen-bond acceptors (Lipinski definition) is 2. The molecule has 2 unspecified atom stereocenters. The molecule has 0 spiro atoms. The Morgan fingerprint density at radius 1 is 0.857 bits per heavy atom. The molecule has 0 aliphatic carbocycles. The van der Waals surface area contributed by atoms with E-state index >= 15 is 0 Å². The fourth-order valence-corrected chi connectivity index (χ4v) is 4.16. The SMILES string of the molecule is CCCC1CCC(c2ccc(C(F)(F)Oc3ccc(-c4cc(F)c(F)c(F)c4)c(F)c3)c(F)c2)O1. The van der Waals surface area contributed by atoms with Crippen LogP contribution in [0.5, 0.6) is 5.75 Å². The third kappa shape index (κ3) is 5.29. The van der Waals surface area contributed by atoms with Gasteiger partial charge in [0.2, 0.25) is 0 Å². The first-order valence-electron chi connectivity index (χ1n) is 11.1. The van der Waals surface area contributed by atoms with Gasteiger partial charge < -0.3 is 9.47 Å². The van der Waals surface area contributed by atoms with Crippen LogP contribution in [0.1, 0.15) is 49.8 Å². The van der Waals surface area contributed by atoms with E-state index in [1.807, 2.05) is 6.92 Å². The zero-order valence-corrected chi connectivity index (χ0v) is 18.6. The molecule has 0 amide bonds. The molecule has 9 heteroatoms. The molecule has 3 aromatic rings. The Kier molecular flexibility index (Phi) is 7.07. The summed E-state index contributed by atoms with van der Waals surface area (Å²) < 4.78 is 109. The molecule has 1 aliphatic heterocycles. The molecule has 2 atom stereocenters. The maximum absolute atomic E-state index is 14.7. The molecule has 1 fully saturated rings. The van der Waals surface area contributed by atoms with Gasteiger partial charge in [0, 0.05) is 11.6 Å². The molecule has 4 rings (SSSR count). The normalized spacial score (nSPS) is 18.2. The summed E-state index contributed by atoms with van der Waals surface area (Å²) in [5, 5.41) is 0. The highest BCUT2D eigenvalue weighted by atomic mass is 19.3. The van der Waals surface area contributed by atoms with E-state index in [2.05, 4.69) is 4.74 Å². The zero-order valence-electron chi connectivity index (χ0n) is 18.6. The predicted octanol–water partition coefficient (Wildman–Crippen LogP) is 8.20. The molecule has 2 nitrogen and oxygen atoms in total. The molecule has 1 aliphatic rings. The van der Waals surface area contributed by atoms with Crippen molar-refractivity contribution >= 4 is 0 Å². The topological polar surface area (TPSA) is 18.5 Å². The van der Waals surface area contributed by atoms with Gasteiger partial charge in [0.25, 0.3) is 0 Å². The van der Waals surface area contributed by atoms with Gasteiger partial charge in [-0.2, -0.15) is 8.78 Å². The highest BCUT2D eigenvalue weighted by molar-refractivity contribution is 5.65. The lowest BCUT2D eigenvalue weighted by molar-refractivity contribution is -0.187. The molecule has 0 aromatic heterocycles. The van der Waals surface area contributed by atoms with Crippen LogP contribution in [0.4, 0.5) is 30.7 Å². The Morgan fingerprint density at radius 3 is 2.20 bits per heavy atom. The molecule has 186 valence electrons. The lowest BCUT2D eigenvalue weighted by Crippen LogP contribution is -2.23. The van der Waals surface area contributed by atoms with Crippen LogP contribution in [0.3, 0.4) is 0 Å². The van der Waals surface area contributed by atoms with Crippen molar-refractivity contribution < 1.29 is 40.2 Å². The smallest absolute Gasteiger partial charge is 0.429 e. The van der Waals surface area contributed by atoms with E-state index in [9.17, 15) is 30.7 Å². The molecular weight excluding hydrogens is 477 g/mol. The van der Waals surface area contributed by atoms with Gasteiger partial charge in [-0.25, -0.2) is 22.0 Å². The van der Waals surface area contributed by atoms with Crippen LogP contribution in [-0.2, 0) is 10.8 Å². The minimum atomic E-state index is -4.15. The first-order valence-corrected chi connectivity index (χ1v) is 11.1. The number of halogens is 7. The minimum Gasteiger partial charge on any atom is -0.429 e. The van der Waals surface area contributed by atoms with Crippen LogP contribution >= 0.6 is 0 Å². The van der Waals surface area contributed by atoms with Crippen LogP contribution in [0.2, 0.25) is 0 Å². The van der Waals surface area contributed by atoms with E-state index in [-0.39, 0.29) is 23.3 Å². The van der Waals surface area contributed by atoms with Gasteiger partial charge in [0.1, 0.15) is 17.4 Å². The standard InChI is InChI=1S/C26H21F7O2/c1-2-3-16-6-9-24(34-16)14-4-8-19(21(28)10-14)26(32,33)35-17-5-7-18(20(27)13-17)15-11-22(29)25(31)23(30)12-15/h4-5,7-8,10-13,16,24H,2-3,6,9H2,1H3. The van der Waals surface area contributed by atoms with E-state index in [0.29, 0.717) is 30.2 Å². The fraction of sp³-hybridized carbons (Fsp3) is 0.308. The van der Waals surface area contributed by atoms with Crippen molar-refractivity contribution in [1.29, 1.82) is 0 Å². The number of alkyl halides is 2. The third-order valence-corrected chi connectivity index (χ3v) is 5.88. The minimum absolute atomic E-state index is 0.0540. The second-order valence-electron chi connectivity index (χ2n) is 8.37. The summed E-state index contributed by atoms with van der Waals surface area (Å²) in [6.07, 6.45) is -1.21. The Balaban J connectivity index is 1.52. The van der Waals surface area contributed by atoms with Gasteiger partial charge in [0.05, 0.1) is 17.8 Å². The summed E-state index contributed by atoms with van der Waals surface area (Å²) in [4.78, 5) is 0. The quantitative estimate of drug-likeness (QED) is 0.242. The maximum atomic E-state index is 14.7. The van der Waals surface area contributed by atoms with Gasteiger partial charge in [-0.05, 0) is 66.8 Å². The average molecular weight is 498 g/mol. The van der Waals surface area contributed by atoms with Crippen LogP contribution in [-0.4, -0.2) is 6.10 Å². The monoisotopic (exact) mass is 498 g/mol. The molecule has 3 aromatic carbocycles. The Labute approximate surface area is 197 Å². The van der Waals surface area contributed by atoms with Gasteiger partial charge in [-0.3, -0.25) is 0 Å². The number of ether oxygens (including phenoxy) is 2. The predicted molar refractivity (Wildman–Crippen MR) is 114 cm³/mol. The van der Waals surface area contributed by atoms with Crippen molar-refractivity contribution in [3.8, 4) is 16.9 Å². The van der Waals surface area contributed by atoms with E-state index in [0.717, 1.165) is 43.5 Å². The van der Waals surface area contributed by atoms with Crippen LogP contribution in [0.15, 0.2) is 48.5 Å². The van der Waals surface area contributed by atoms with E-state index in [1.165, 1.54) is 6.07 Å². The maximum Gasteiger partial charge on any atom is 0.429 e. The van der Waals surface area contributed by atoms with Crippen molar-refractivity contribution in [2.45, 2.75) is 50.9 Å². The van der Waals surface area contributed by atoms with E-state index in [1.54, 1.807) is 0 Å². The Bertz CT molecular complexity index is 1210. The fourth-order valence-electron chi connectivity index (χ4n) is 4.16. The van der Waals surface area contributed by atoms with Gasteiger partial charge in [-0.15, -0.1) is 0 Å². The first kappa shape index (κ1) is 25.0. The number of benzene rings is 3. The highest BCUT2D eigenvalue weighted by Crippen LogP contribution is 2.39. The van der Waals surface area contributed by atoms with Gasteiger partial charge in [-0.1, -0.05) is 19.4 Å². The summed E-state index contributed by atoms with van der Waals surface area (Å²) in [5.74, 6) is -7.79. The molecule has 0 saturated carbocycles. The molecular formula is C26H21F7O2. The molecule has 0 radical (unpaired) electrons. The molecule has 0 bridgehead atoms. The van der Waals surface area contributed by atoms with Crippen molar-refractivity contribution in [2.75, 3.05) is 0 Å². The van der Waals surface area contributed by atoms with Crippen LogP contribution in [0, 0.1) is 29.1 Å². The lowest BCUT2D eigenvalue weighted by Gasteiger charge is -2.20. The summed E-state index contributed by atoms with van der Waals surface area (Å²) >= 11 is 0. The van der Waals surface area contributed by atoms with Crippen molar-refractivity contribution in [3.63, 3.8) is 0 Å². The van der Waals surface area contributed by atoms with Gasteiger partial charge >= 0.3 is 6.11 Å². The largest absolute Gasteiger partial charge is 0.429 e. The lowest BCUT2D eigenvalue weighted by atomic mass is 10.0. The number of hydrogen-bond donors (Lipinski definition) is 0. The van der Waals surface area contributed by atoms with Crippen LogP contribution in [0.25, 0.3) is 11.1 Å². The molecule has 1 saturated heterocycles. The zero-order chi connectivity index (χ0) is 25.3. The summed E-state index contributed by atoms with van der Waals surface area (Å²) in [6.45, 7) is 2.02. The van der Waals surface area contributed by atoms with Crippen molar-refractivity contribution in [1.82, 2.24) is 0 Å². The Hall–Kier alpha value is -3.07. The second kappa shape index (κ2) is 9.89. The molecule has 0 N–H and O–H groups in total. The average Bonchev–Trinajstić information content (AvgIpc) is 3.25. The van der Waals surface area contributed by atoms with Crippen molar-refractivity contribution in [2.24, 2.45) is 0 Å². The summed E-state index contributed by atoms with van der Waals surface area (Å²) in [7, 11) is 0. The Morgan fingerprint density at radius 2 is 1.57 bits per heavy atom. The highest BCUT2D eigenvalue weighted by Gasteiger charge is 2.38. The number of rotatable bonds is 7. The van der Waals surface area contributed by atoms with Crippen molar-refractivity contribution in [3.05, 3.63) is 88.7 Å². The second-order valence-corrected chi connectivity index (χ2v) is 8.37. The van der Waals surface area contributed by atoms with E-state index < -0.39 is 46.5 Å². The third-order valence-electron chi connectivity index (χ3n) is 5.88.